The molecule has 2 aromatic carbocycles. The molecule has 2 atom stereocenters. The topological polar surface area (TPSA) is 82.9 Å². The van der Waals surface area contributed by atoms with E-state index >= 15 is 0 Å². The van der Waals surface area contributed by atoms with Crippen molar-refractivity contribution in [1.29, 1.82) is 0 Å². The van der Waals surface area contributed by atoms with Crippen LogP contribution in [-0.4, -0.2) is 70.8 Å². The Labute approximate surface area is 215 Å². The summed E-state index contributed by atoms with van der Waals surface area (Å²) in [6.45, 7) is 2.20. The molecule has 3 aliphatic heterocycles. The SMILES string of the molecule is CN1C(=O)N(C)C(=O)C(Cc2cccc3ccccc23)(CN2C[C@@H]3C[C@@H](C2)c2cccc(=O)n2C3)C1=O. The maximum atomic E-state index is 13.9. The van der Waals surface area contributed by atoms with E-state index in [-0.39, 0.29) is 30.4 Å². The van der Waals surface area contributed by atoms with Gasteiger partial charge in [-0.15, -0.1) is 0 Å². The predicted octanol–water partition coefficient (Wildman–Crippen LogP) is 2.70. The smallest absolute Gasteiger partial charge is 0.312 e. The molecule has 2 bridgehead atoms. The molecule has 0 unspecified atom stereocenters. The van der Waals surface area contributed by atoms with Crippen LogP contribution in [0.15, 0.2) is 65.5 Å². The van der Waals surface area contributed by atoms with E-state index in [1.165, 1.54) is 14.1 Å². The Morgan fingerprint density at radius 2 is 1.51 bits per heavy atom. The number of likely N-dealkylation sites (tertiary alicyclic amines) is 1. The average molecular weight is 499 g/mol. The Kier molecular flexibility index (Phi) is 5.53. The number of imide groups is 2. The van der Waals surface area contributed by atoms with Gasteiger partial charge in [-0.1, -0.05) is 48.5 Å². The zero-order chi connectivity index (χ0) is 25.9. The van der Waals surface area contributed by atoms with Gasteiger partial charge in [0.05, 0.1) is 0 Å². The van der Waals surface area contributed by atoms with Crippen molar-refractivity contribution < 1.29 is 14.4 Å². The van der Waals surface area contributed by atoms with Crippen LogP contribution < -0.4 is 5.56 Å². The van der Waals surface area contributed by atoms with Crippen LogP contribution in [0.25, 0.3) is 10.8 Å². The van der Waals surface area contributed by atoms with Crippen molar-refractivity contribution in [2.24, 2.45) is 11.3 Å². The third-order valence-electron chi connectivity index (χ3n) is 8.42. The summed E-state index contributed by atoms with van der Waals surface area (Å²) in [7, 11) is 2.91. The van der Waals surface area contributed by atoms with Crippen LogP contribution in [0.4, 0.5) is 4.79 Å². The van der Waals surface area contributed by atoms with Gasteiger partial charge in [-0.3, -0.25) is 24.2 Å². The van der Waals surface area contributed by atoms with Crippen LogP contribution in [0.5, 0.6) is 0 Å². The molecular weight excluding hydrogens is 468 g/mol. The van der Waals surface area contributed by atoms with Gasteiger partial charge < -0.3 is 9.47 Å². The third-order valence-corrected chi connectivity index (χ3v) is 8.42. The lowest BCUT2D eigenvalue weighted by Gasteiger charge is -2.48. The number of benzene rings is 2. The van der Waals surface area contributed by atoms with Crippen molar-refractivity contribution in [1.82, 2.24) is 19.3 Å². The number of aromatic nitrogens is 1. The Morgan fingerprint density at radius 1 is 0.811 bits per heavy atom. The van der Waals surface area contributed by atoms with Crippen molar-refractivity contribution >= 4 is 28.6 Å². The Balaban J connectivity index is 1.40. The zero-order valence-corrected chi connectivity index (χ0v) is 21.1. The van der Waals surface area contributed by atoms with Gasteiger partial charge in [0.15, 0.2) is 0 Å². The van der Waals surface area contributed by atoms with Crippen LogP contribution in [0.1, 0.15) is 23.6 Å². The number of nitrogens with zero attached hydrogens (tertiary/aromatic N) is 4. The number of rotatable bonds is 4. The average Bonchev–Trinajstić information content (AvgIpc) is 2.90. The number of hydrogen-bond acceptors (Lipinski definition) is 5. The van der Waals surface area contributed by atoms with Crippen LogP contribution in [-0.2, 0) is 22.6 Å². The maximum Gasteiger partial charge on any atom is 0.332 e. The van der Waals surface area contributed by atoms with E-state index in [0.29, 0.717) is 19.6 Å². The highest BCUT2D eigenvalue weighted by molar-refractivity contribution is 6.19. The number of amides is 4. The van der Waals surface area contributed by atoms with Gasteiger partial charge >= 0.3 is 6.03 Å². The summed E-state index contributed by atoms with van der Waals surface area (Å²) in [6.07, 6.45) is 1.19. The first-order chi connectivity index (χ1) is 17.8. The molecule has 0 spiro atoms. The van der Waals surface area contributed by atoms with E-state index in [1.807, 2.05) is 53.1 Å². The fourth-order valence-electron chi connectivity index (χ4n) is 6.75. The normalized spacial score (nSPS) is 23.5. The minimum absolute atomic E-state index is 0.0208. The first-order valence-electron chi connectivity index (χ1n) is 12.8. The lowest BCUT2D eigenvalue weighted by Crippen LogP contribution is -2.67. The molecule has 0 aliphatic carbocycles. The molecule has 0 N–H and O–H groups in total. The summed E-state index contributed by atoms with van der Waals surface area (Å²) in [4.78, 5) is 57.3. The first kappa shape index (κ1) is 23.6. The molecule has 8 nitrogen and oxygen atoms in total. The minimum Gasteiger partial charge on any atom is -0.312 e. The second kappa shape index (κ2) is 8.66. The predicted molar refractivity (Wildman–Crippen MR) is 139 cm³/mol. The molecule has 190 valence electrons. The second-order valence-electron chi connectivity index (χ2n) is 10.8. The van der Waals surface area contributed by atoms with Crippen LogP contribution in [0, 0.1) is 11.3 Å². The lowest BCUT2D eigenvalue weighted by atomic mass is 9.74. The number of carbonyl (C=O) groups excluding carboxylic acids is 3. The number of urea groups is 1. The van der Waals surface area contributed by atoms with Gasteiger partial charge in [0.25, 0.3) is 5.56 Å². The molecule has 2 saturated heterocycles. The monoisotopic (exact) mass is 498 g/mol. The highest BCUT2D eigenvalue weighted by Gasteiger charge is 2.56. The van der Waals surface area contributed by atoms with Gasteiger partial charge in [-0.05, 0) is 41.2 Å². The highest BCUT2D eigenvalue weighted by atomic mass is 16.2. The Bertz CT molecular complexity index is 1470. The van der Waals surface area contributed by atoms with Gasteiger partial charge in [0.2, 0.25) is 11.8 Å². The fraction of sp³-hybridized carbons (Fsp3) is 0.379. The van der Waals surface area contributed by atoms with Crippen molar-refractivity contribution in [3.05, 3.63) is 82.3 Å². The number of carbonyl (C=O) groups is 3. The van der Waals surface area contributed by atoms with E-state index in [9.17, 15) is 19.2 Å². The summed E-state index contributed by atoms with van der Waals surface area (Å²) in [5.41, 5.74) is 0.517. The standard InChI is InChI=1S/C29H30N4O4/c1-30-26(35)29(27(36)31(2)28(30)37,14-21-9-5-8-20-7-3-4-10-23(20)21)18-32-15-19-13-22(17-32)24-11-6-12-25(34)33(24)16-19/h3-12,19,22H,13-18H2,1-2H3/t19-,22-/m0/s1. The first-order valence-corrected chi connectivity index (χ1v) is 12.8. The molecular formula is C29H30N4O4. The number of fused-ring (bicyclic) bond motifs is 5. The molecule has 0 saturated carbocycles. The maximum absolute atomic E-state index is 13.9. The highest BCUT2D eigenvalue weighted by Crippen LogP contribution is 2.40. The Hall–Kier alpha value is -3.78. The lowest BCUT2D eigenvalue weighted by molar-refractivity contribution is -0.159. The van der Waals surface area contributed by atoms with Crippen molar-refractivity contribution in [3.8, 4) is 0 Å². The van der Waals surface area contributed by atoms with Crippen molar-refractivity contribution in [2.45, 2.75) is 25.3 Å². The summed E-state index contributed by atoms with van der Waals surface area (Å²) < 4.78 is 1.87. The minimum atomic E-state index is -1.43. The molecule has 3 aromatic rings. The molecule has 1 aromatic heterocycles. The Morgan fingerprint density at radius 3 is 2.30 bits per heavy atom. The van der Waals surface area contributed by atoms with E-state index < -0.39 is 23.3 Å². The van der Waals surface area contributed by atoms with Crippen LogP contribution >= 0.6 is 0 Å². The largest absolute Gasteiger partial charge is 0.332 e. The van der Waals surface area contributed by atoms with Gasteiger partial charge in [0.1, 0.15) is 5.41 Å². The van der Waals surface area contributed by atoms with Gasteiger partial charge in [0, 0.05) is 58.0 Å². The zero-order valence-electron chi connectivity index (χ0n) is 21.1. The molecule has 3 aliphatic rings. The van der Waals surface area contributed by atoms with Crippen LogP contribution in [0.2, 0.25) is 0 Å². The van der Waals surface area contributed by atoms with E-state index in [4.69, 9.17) is 0 Å². The van der Waals surface area contributed by atoms with Crippen molar-refractivity contribution in [3.63, 3.8) is 0 Å². The summed E-state index contributed by atoms with van der Waals surface area (Å²) in [6, 6.07) is 18.7. The molecule has 4 amide bonds. The molecule has 2 fully saturated rings. The van der Waals surface area contributed by atoms with E-state index in [0.717, 1.165) is 38.3 Å². The molecule has 8 heteroatoms. The van der Waals surface area contributed by atoms with Crippen molar-refractivity contribution in [2.75, 3.05) is 33.7 Å². The molecule has 37 heavy (non-hydrogen) atoms. The number of pyridine rings is 1. The second-order valence-corrected chi connectivity index (χ2v) is 10.8. The quantitative estimate of drug-likeness (QED) is 0.517. The third kappa shape index (κ3) is 3.70. The van der Waals surface area contributed by atoms with Crippen LogP contribution in [0.3, 0.4) is 0 Å². The molecule has 4 heterocycles. The van der Waals surface area contributed by atoms with Gasteiger partial charge in [-0.2, -0.15) is 0 Å². The number of hydrogen-bond donors (Lipinski definition) is 0. The summed E-state index contributed by atoms with van der Waals surface area (Å²) >= 11 is 0. The fourth-order valence-corrected chi connectivity index (χ4v) is 6.75. The van der Waals surface area contributed by atoms with E-state index in [1.54, 1.807) is 12.1 Å². The number of barbiturate groups is 1. The van der Waals surface area contributed by atoms with Gasteiger partial charge in [-0.25, -0.2) is 4.79 Å². The summed E-state index contributed by atoms with van der Waals surface area (Å²) in [5, 5.41) is 2.04. The summed E-state index contributed by atoms with van der Waals surface area (Å²) in [5.74, 6) is -0.504. The molecule has 0 radical (unpaired) electrons. The number of piperidine rings is 1. The molecule has 6 rings (SSSR count). The van der Waals surface area contributed by atoms with E-state index in [2.05, 4.69) is 4.90 Å².